The molecule has 2 N–H and O–H groups in total. The lowest BCUT2D eigenvalue weighted by atomic mass is 9.78. The molecule has 246 valence electrons. The molecule has 7 heteroatoms. The van der Waals surface area contributed by atoms with E-state index in [9.17, 15) is 14.5 Å². The molecule has 0 saturated heterocycles. The van der Waals surface area contributed by atoms with Crippen LogP contribution in [0.25, 0.3) is 21.5 Å². The minimum atomic E-state index is -0.823. The Hall–Kier alpha value is -5.30. The largest absolute Gasteiger partial charge is 0.481 e. The number of allylic oxidation sites excluding steroid dienone is 8. The quantitative estimate of drug-likeness (QED) is 0.111. The van der Waals surface area contributed by atoms with Gasteiger partial charge in [0.2, 0.25) is 0 Å². The lowest BCUT2D eigenvalue weighted by Crippen LogP contribution is -2.28. The van der Waals surface area contributed by atoms with Gasteiger partial charge in [-0.25, -0.2) is 0 Å². The topological polar surface area (TPSA) is 99.1 Å². The normalized spacial score (nSPS) is 15.3. The van der Waals surface area contributed by atoms with Crippen LogP contribution in [0.4, 0.5) is 11.4 Å². The highest BCUT2D eigenvalue weighted by molar-refractivity contribution is 5.95. The SMILES string of the molecule is CC(C)(C/C=C/C=C/C=C/C=C1/N(CCC(=O)N=O)c2ccc3ccccc3c2C1(C)C)c1c(NCCC(=O)O)ccc2ccccc12. The first kappa shape index (κ1) is 34.0. The van der Waals surface area contributed by atoms with Crippen molar-refractivity contribution in [3.8, 4) is 0 Å². The zero-order valence-corrected chi connectivity index (χ0v) is 28.1. The van der Waals surface area contributed by atoms with Crippen molar-refractivity contribution in [2.75, 3.05) is 23.3 Å². The van der Waals surface area contributed by atoms with Crippen LogP contribution in [0.3, 0.4) is 0 Å². The zero-order valence-electron chi connectivity index (χ0n) is 28.1. The van der Waals surface area contributed by atoms with Crippen molar-refractivity contribution in [3.63, 3.8) is 0 Å². The number of nitrogens with zero attached hydrogens (tertiary/aromatic N) is 2. The smallest absolute Gasteiger partial charge is 0.305 e. The molecule has 7 nitrogen and oxygen atoms in total. The number of benzene rings is 4. The van der Waals surface area contributed by atoms with Crippen LogP contribution in [0.5, 0.6) is 0 Å². The Morgan fingerprint density at radius 2 is 1.50 bits per heavy atom. The van der Waals surface area contributed by atoms with E-state index in [2.05, 4.69) is 104 Å². The summed E-state index contributed by atoms with van der Waals surface area (Å²) in [5.41, 5.74) is 4.91. The second kappa shape index (κ2) is 14.6. The number of anilines is 2. The van der Waals surface area contributed by atoms with E-state index < -0.39 is 11.9 Å². The predicted octanol–water partition coefficient (Wildman–Crippen LogP) is 9.58. The summed E-state index contributed by atoms with van der Waals surface area (Å²) in [6, 6.07) is 25.0. The molecule has 0 aromatic heterocycles. The van der Waals surface area contributed by atoms with Gasteiger partial charge in [-0.2, -0.15) is 0 Å². The third-order valence-corrected chi connectivity index (χ3v) is 9.13. The van der Waals surface area contributed by atoms with Crippen molar-refractivity contribution >= 4 is 44.8 Å². The van der Waals surface area contributed by atoms with Crippen LogP contribution in [0.1, 0.15) is 58.1 Å². The van der Waals surface area contributed by atoms with E-state index in [-0.39, 0.29) is 23.7 Å². The summed E-state index contributed by atoms with van der Waals surface area (Å²) in [6.07, 6.45) is 15.2. The Balaban J connectivity index is 1.32. The van der Waals surface area contributed by atoms with E-state index in [1.807, 2.05) is 54.6 Å². The zero-order chi connectivity index (χ0) is 34.3. The van der Waals surface area contributed by atoms with Gasteiger partial charge in [0.1, 0.15) is 0 Å². The van der Waals surface area contributed by atoms with Crippen molar-refractivity contribution in [2.45, 2.75) is 57.8 Å². The molecule has 1 aliphatic rings. The van der Waals surface area contributed by atoms with Crippen molar-refractivity contribution in [1.29, 1.82) is 0 Å². The lowest BCUT2D eigenvalue weighted by molar-refractivity contribution is -0.136. The van der Waals surface area contributed by atoms with Crippen LogP contribution in [-0.4, -0.2) is 30.1 Å². The first-order valence-corrected chi connectivity index (χ1v) is 16.4. The molecule has 0 unspecified atom stereocenters. The summed E-state index contributed by atoms with van der Waals surface area (Å²) in [7, 11) is 0. The number of nitroso groups, excluding NO2 is 1. The Kier molecular flexibility index (Phi) is 10.4. The molecule has 0 bridgehead atoms. The Morgan fingerprint density at radius 3 is 2.23 bits per heavy atom. The van der Waals surface area contributed by atoms with Gasteiger partial charge >= 0.3 is 5.97 Å². The molecule has 0 atom stereocenters. The standard InChI is InChI=1S/C41H43N3O4/c1-40(2,38-31-17-12-10-15-29(31)20-22-33(38)42-27-24-37(46)47)26-14-8-6-5-7-9-19-35-41(3,4)39-32-18-13-11-16-30(32)21-23-34(39)44(35)28-25-36(45)43-48/h5-23,42H,24-28H2,1-4H3,(H,46,47)/b6-5+,9-7+,14-8+,35-19+. The number of rotatable bonds is 13. The molecule has 1 amide bonds. The maximum absolute atomic E-state index is 11.9. The fourth-order valence-electron chi connectivity index (χ4n) is 6.86. The average molecular weight is 642 g/mol. The van der Waals surface area contributed by atoms with E-state index in [1.165, 1.54) is 16.5 Å². The van der Waals surface area contributed by atoms with Gasteiger partial charge in [0.25, 0.3) is 5.91 Å². The Bertz CT molecular complexity index is 1970. The molecule has 1 aliphatic heterocycles. The minimum absolute atomic E-state index is 0.0482. The summed E-state index contributed by atoms with van der Waals surface area (Å²) < 4.78 is 0. The molecule has 4 aromatic rings. The van der Waals surface area contributed by atoms with Crippen molar-refractivity contribution < 1.29 is 14.7 Å². The van der Waals surface area contributed by atoms with Crippen LogP contribution >= 0.6 is 0 Å². The second-order valence-corrected chi connectivity index (χ2v) is 13.3. The molecule has 0 aliphatic carbocycles. The second-order valence-electron chi connectivity index (χ2n) is 13.3. The van der Waals surface area contributed by atoms with Crippen molar-refractivity contribution in [2.24, 2.45) is 5.18 Å². The van der Waals surface area contributed by atoms with Crippen LogP contribution in [-0.2, 0) is 20.4 Å². The van der Waals surface area contributed by atoms with E-state index in [0.29, 0.717) is 13.1 Å². The van der Waals surface area contributed by atoms with Gasteiger partial charge in [-0.3, -0.25) is 9.59 Å². The van der Waals surface area contributed by atoms with E-state index in [4.69, 9.17) is 5.11 Å². The number of hydrogen-bond donors (Lipinski definition) is 2. The number of hydrogen-bond acceptors (Lipinski definition) is 5. The van der Waals surface area contributed by atoms with E-state index in [0.717, 1.165) is 39.7 Å². The molecule has 0 saturated carbocycles. The van der Waals surface area contributed by atoms with Gasteiger partial charge in [0.05, 0.1) is 12.8 Å². The number of amides is 1. The first-order valence-electron chi connectivity index (χ1n) is 16.4. The molecule has 5 rings (SSSR count). The number of carboxylic acid groups (broad SMARTS) is 1. The molecular weight excluding hydrogens is 598 g/mol. The summed E-state index contributed by atoms with van der Waals surface area (Å²) in [4.78, 5) is 35.9. The van der Waals surface area contributed by atoms with Crippen molar-refractivity contribution in [3.05, 3.63) is 137 Å². The highest BCUT2D eigenvalue weighted by atomic mass is 16.4. The number of carboxylic acids is 1. The minimum Gasteiger partial charge on any atom is -0.481 e. The molecule has 1 heterocycles. The van der Waals surface area contributed by atoms with Crippen LogP contribution in [0.15, 0.2) is 126 Å². The maximum Gasteiger partial charge on any atom is 0.305 e. The van der Waals surface area contributed by atoms with Crippen molar-refractivity contribution in [1.82, 2.24) is 0 Å². The fourth-order valence-corrected chi connectivity index (χ4v) is 6.86. The van der Waals surface area contributed by atoms with Crippen LogP contribution < -0.4 is 10.2 Å². The third-order valence-electron chi connectivity index (χ3n) is 9.13. The van der Waals surface area contributed by atoms with Gasteiger partial charge in [-0.05, 0) is 62.7 Å². The summed E-state index contributed by atoms with van der Waals surface area (Å²) in [5.74, 6) is -1.48. The number of aliphatic carboxylic acids is 1. The molecule has 48 heavy (non-hydrogen) atoms. The highest BCUT2D eigenvalue weighted by Crippen LogP contribution is 2.50. The fraction of sp³-hybridized carbons (Fsp3) is 0.268. The molecule has 0 spiro atoms. The number of carbonyl (C=O) groups excluding carboxylic acids is 1. The lowest BCUT2D eigenvalue weighted by Gasteiger charge is -2.29. The van der Waals surface area contributed by atoms with E-state index >= 15 is 0 Å². The molecular formula is C41H43N3O4. The molecule has 4 aromatic carbocycles. The number of nitrogens with one attached hydrogen (secondary N) is 1. The number of carbonyl (C=O) groups is 2. The van der Waals surface area contributed by atoms with Gasteiger partial charge in [-0.1, -0.05) is 125 Å². The van der Waals surface area contributed by atoms with E-state index in [1.54, 1.807) is 0 Å². The van der Waals surface area contributed by atoms with Gasteiger partial charge in [-0.15, -0.1) is 4.91 Å². The molecule has 0 radical (unpaired) electrons. The van der Waals surface area contributed by atoms with Crippen LogP contribution in [0.2, 0.25) is 0 Å². The molecule has 0 fully saturated rings. The monoisotopic (exact) mass is 641 g/mol. The first-order chi connectivity index (χ1) is 23.0. The Labute approximate surface area is 282 Å². The Morgan fingerprint density at radius 1 is 0.854 bits per heavy atom. The van der Waals surface area contributed by atoms with Gasteiger partial charge < -0.3 is 15.3 Å². The predicted molar refractivity (Wildman–Crippen MR) is 198 cm³/mol. The summed E-state index contributed by atoms with van der Waals surface area (Å²) >= 11 is 0. The summed E-state index contributed by atoms with van der Waals surface area (Å²) in [6.45, 7) is 9.56. The summed E-state index contributed by atoms with van der Waals surface area (Å²) in [5, 5.41) is 19.8. The third kappa shape index (κ3) is 7.31. The van der Waals surface area contributed by atoms with Crippen LogP contribution in [0, 0.1) is 4.91 Å². The van der Waals surface area contributed by atoms with Gasteiger partial charge in [0, 0.05) is 40.8 Å². The average Bonchev–Trinajstić information content (AvgIpc) is 3.29. The highest BCUT2D eigenvalue weighted by Gasteiger charge is 2.41. The van der Waals surface area contributed by atoms with Gasteiger partial charge in [0.15, 0.2) is 0 Å². The maximum atomic E-state index is 11.9. The number of fused-ring (bicyclic) bond motifs is 4.